The van der Waals surface area contributed by atoms with Crippen LogP contribution in [0.2, 0.25) is 0 Å². The number of aryl methyl sites for hydroxylation is 1. The minimum absolute atomic E-state index is 0.175. The quantitative estimate of drug-likeness (QED) is 0.716. The number of anilines is 2. The number of rotatable bonds is 5. The van der Waals surface area contributed by atoms with Gasteiger partial charge in [-0.1, -0.05) is 37.5 Å². The number of nitrogens with zero attached hydrogens (tertiary/aromatic N) is 1. The summed E-state index contributed by atoms with van der Waals surface area (Å²) in [5.41, 5.74) is 1.38. The Kier molecular flexibility index (Phi) is 6.40. The maximum absolute atomic E-state index is 13.2. The largest absolute Gasteiger partial charge is 0.476 e. The summed E-state index contributed by atoms with van der Waals surface area (Å²) < 4.78 is 5.91. The molecule has 2 aromatic rings. The lowest BCUT2D eigenvalue weighted by Crippen LogP contribution is -2.54. The van der Waals surface area contributed by atoms with Gasteiger partial charge in [0.25, 0.3) is 11.8 Å². The van der Waals surface area contributed by atoms with Crippen LogP contribution in [0.1, 0.15) is 61.9 Å². The molecule has 7 nitrogen and oxygen atoms in total. The van der Waals surface area contributed by atoms with E-state index in [0.29, 0.717) is 22.7 Å². The third-order valence-electron chi connectivity index (χ3n) is 6.30. The van der Waals surface area contributed by atoms with Crippen LogP contribution in [0, 0.1) is 6.92 Å². The van der Waals surface area contributed by atoms with E-state index in [1.54, 1.807) is 32.0 Å². The first-order valence-electron chi connectivity index (χ1n) is 11.6. The van der Waals surface area contributed by atoms with Gasteiger partial charge in [-0.2, -0.15) is 0 Å². The summed E-state index contributed by atoms with van der Waals surface area (Å²) in [5.74, 6) is -0.359. The van der Waals surface area contributed by atoms with Gasteiger partial charge in [0.1, 0.15) is 12.3 Å². The van der Waals surface area contributed by atoms with E-state index in [1.807, 2.05) is 31.2 Å². The molecule has 0 saturated heterocycles. The lowest BCUT2D eigenvalue weighted by Gasteiger charge is -2.38. The zero-order chi connectivity index (χ0) is 23.6. The third kappa shape index (κ3) is 5.02. The molecule has 1 heterocycles. The smallest absolute Gasteiger partial charge is 0.271 e. The van der Waals surface area contributed by atoms with Gasteiger partial charge in [-0.3, -0.25) is 19.3 Å². The predicted molar refractivity (Wildman–Crippen MR) is 128 cm³/mol. The second kappa shape index (κ2) is 9.25. The van der Waals surface area contributed by atoms with Crippen LogP contribution < -0.4 is 20.3 Å². The van der Waals surface area contributed by atoms with E-state index >= 15 is 0 Å². The van der Waals surface area contributed by atoms with Crippen molar-refractivity contribution in [3.05, 3.63) is 53.6 Å². The van der Waals surface area contributed by atoms with E-state index in [0.717, 1.165) is 31.2 Å². The highest BCUT2D eigenvalue weighted by molar-refractivity contribution is 6.08. The van der Waals surface area contributed by atoms with Gasteiger partial charge in [-0.25, -0.2) is 0 Å². The van der Waals surface area contributed by atoms with E-state index in [4.69, 9.17) is 4.74 Å². The van der Waals surface area contributed by atoms with Crippen molar-refractivity contribution in [3.63, 3.8) is 0 Å². The monoisotopic (exact) mass is 449 g/mol. The number of hydrogen-bond donors (Lipinski definition) is 2. The molecule has 0 bridgehead atoms. The van der Waals surface area contributed by atoms with Crippen LogP contribution in [0.15, 0.2) is 42.5 Å². The Morgan fingerprint density at radius 2 is 1.82 bits per heavy atom. The fraction of sp³-hybridized carbons (Fsp3) is 0.423. The van der Waals surface area contributed by atoms with Gasteiger partial charge in [0.15, 0.2) is 5.60 Å². The number of fused-ring (bicyclic) bond motifs is 1. The molecule has 3 amide bonds. The van der Waals surface area contributed by atoms with Crippen LogP contribution in [-0.2, 0) is 9.59 Å². The van der Waals surface area contributed by atoms with Gasteiger partial charge in [0.05, 0.1) is 5.69 Å². The molecule has 0 aromatic heterocycles. The molecule has 0 spiro atoms. The topological polar surface area (TPSA) is 87.7 Å². The van der Waals surface area contributed by atoms with Crippen LogP contribution in [-0.4, -0.2) is 35.9 Å². The lowest BCUT2D eigenvalue weighted by atomic mass is 9.95. The highest BCUT2D eigenvalue weighted by Crippen LogP contribution is 2.38. The summed E-state index contributed by atoms with van der Waals surface area (Å²) in [6.07, 6.45) is 5.42. The average Bonchev–Trinajstić information content (AvgIpc) is 2.78. The summed E-state index contributed by atoms with van der Waals surface area (Å²) in [6.45, 7) is 5.08. The predicted octanol–water partition coefficient (Wildman–Crippen LogP) is 4.20. The molecule has 0 unspecified atom stereocenters. The van der Waals surface area contributed by atoms with Crippen molar-refractivity contribution in [3.8, 4) is 5.75 Å². The second-order valence-electron chi connectivity index (χ2n) is 9.36. The Labute approximate surface area is 194 Å². The molecular formula is C26H31N3O4. The molecular weight excluding hydrogens is 418 g/mol. The van der Waals surface area contributed by atoms with Crippen LogP contribution in [0.5, 0.6) is 5.75 Å². The molecule has 33 heavy (non-hydrogen) atoms. The number of carbonyl (C=O) groups excluding carboxylic acids is 3. The maximum atomic E-state index is 13.2. The molecule has 0 atom stereocenters. The molecule has 0 radical (unpaired) electrons. The molecule has 1 aliphatic carbocycles. The fourth-order valence-electron chi connectivity index (χ4n) is 4.43. The van der Waals surface area contributed by atoms with Crippen molar-refractivity contribution < 1.29 is 19.1 Å². The molecule has 2 aromatic carbocycles. The van der Waals surface area contributed by atoms with Crippen LogP contribution in [0.4, 0.5) is 11.4 Å². The zero-order valence-electron chi connectivity index (χ0n) is 19.4. The van der Waals surface area contributed by atoms with Crippen LogP contribution >= 0.6 is 0 Å². The van der Waals surface area contributed by atoms with E-state index in [2.05, 4.69) is 10.6 Å². The van der Waals surface area contributed by atoms with Crippen molar-refractivity contribution in [2.75, 3.05) is 16.8 Å². The Hall–Kier alpha value is -3.35. The Morgan fingerprint density at radius 1 is 1.09 bits per heavy atom. The molecule has 1 saturated carbocycles. The Morgan fingerprint density at radius 3 is 2.55 bits per heavy atom. The molecule has 2 N–H and O–H groups in total. The molecule has 2 aliphatic rings. The first-order chi connectivity index (χ1) is 15.7. The summed E-state index contributed by atoms with van der Waals surface area (Å²) in [7, 11) is 0. The Bertz CT molecular complexity index is 1070. The molecule has 1 aliphatic heterocycles. The average molecular weight is 450 g/mol. The van der Waals surface area contributed by atoms with Gasteiger partial charge in [0, 0.05) is 17.3 Å². The van der Waals surface area contributed by atoms with Gasteiger partial charge >= 0.3 is 0 Å². The van der Waals surface area contributed by atoms with Crippen LogP contribution in [0.3, 0.4) is 0 Å². The normalized spacial score (nSPS) is 17.7. The number of hydrogen-bond acceptors (Lipinski definition) is 4. The van der Waals surface area contributed by atoms with E-state index in [-0.39, 0.29) is 30.3 Å². The minimum Gasteiger partial charge on any atom is -0.476 e. The van der Waals surface area contributed by atoms with E-state index in [9.17, 15) is 14.4 Å². The number of carbonyl (C=O) groups is 3. The molecule has 4 rings (SSSR count). The summed E-state index contributed by atoms with van der Waals surface area (Å²) >= 11 is 0. The second-order valence-corrected chi connectivity index (χ2v) is 9.36. The SMILES string of the molecule is Cc1ccccc1NC(=O)CN1C(=O)C(C)(C)Oc2ccc(C(=O)NC3CCCCC3)cc21. The van der Waals surface area contributed by atoms with Crippen molar-refractivity contribution in [1.82, 2.24) is 5.32 Å². The van der Waals surface area contributed by atoms with Crippen molar-refractivity contribution in [1.29, 1.82) is 0 Å². The number of amides is 3. The standard InChI is InChI=1S/C26H31N3O4/c1-17-9-7-8-12-20(17)28-23(30)16-29-21-15-18(24(31)27-19-10-5-4-6-11-19)13-14-22(21)33-26(2,3)25(29)32/h7-9,12-15,19H,4-6,10-11,16H2,1-3H3,(H,27,31)(H,28,30). The Balaban J connectivity index is 1.57. The van der Waals surface area contributed by atoms with Gasteiger partial charge < -0.3 is 15.4 Å². The van der Waals surface area contributed by atoms with Gasteiger partial charge in [0.2, 0.25) is 5.91 Å². The highest BCUT2D eigenvalue weighted by atomic mass is 16.5. The van der Waals surface area contributed by atoms with Gasteiger partial charge in [-0.15, -0.1) is 0 Å². The molecule has 1 fully saturated rings. The first-order valence-corrected chi connectivity index (χ1v) is 11.6. The number of ether oxygens (including phenoxy) is 1. The van der Waals surface area contributed by atoms with E-state index in [1.165, 1.54) is 11.3 Å². The highest BCUT2D eigenvalue weighted by Gasteiger charge is 2.42. The van der Waals surface area contributed by atoms with Gasteiger partial charge in [-0.05, 0) is 63.4 Å². The third-order valence-corrected chi connectivity index (χ3v) is 6.30. The van der Waals surface area contributed by atoms with Crippen molar-refractivity contribution >= 4 is 29.1 Å². The molecule has 7 heteroatoms. The number of para-hydroxylation sites is 1. The minimum atomic E-state index is -1.12. The number of nitrogens with one attached hydrogen (secondary N) is 2. The summed E-state index contributed by atoms with van der Waals surface area (Å²) in [4.78, 5) is 40.3. The fourth-order valence-corrected chi connectivity index (χ4v) is 4.43. The summed E-state index contributed by atoms with van der Waals surface area (Å²) in [5, 5.41) is 5.98. The van der Waals surface area contributed by atoms with E-state index < -0.39 is 5.60 Å². The van der Waals surface area contributed by atoms with Crippen molar-refractivity contribution in [2.45, 2.75) is 64.5 Å². The number of benzene rings is 2. The first kappa shape index (κ1) is 22.8. The molecule has 174 valence electrons. The maximum Gasteiger partial charge on any atom is 0.271 e. The zero-order valence-corrected chi connectivity index (χ0v) is 19.4. The summed E-state index contributed by atoms with van der Waals surface area (Å²) in [6, 6.07) is 12.7. The van der Waals surface area contributed by atoms with Crippen LogP contribution in [0.25, 0.3) is 0 Å². The van der Waals surface area contributed by atoms with Crippen molar-refractivity contribution in [2.24, 2.45) is 0 Å². The lowest BCUT2D eigenvalue weighted by molar-refractivity contribution is -0.133.